The number of nitrogens with one attached hydrogen (secondary N) is 1. The minimum Gasteiger partial charge on any atom is -0.483 e. The number of rotatable bonds is 9. The minimum absolute atomic E-state index is 0.125. The van der Waals surface area contributed by atoms with Gasteiger partial charge in [0.05, 0.1) is 0 Å². The molecule has 0 bridgehead atoms. The lowest BCUT2D eigenvalue weighted by molar-refractivity contribution is -0.142. The second-order valence-electron chi connectivity index (χ2n) is 8.02. The van der Waals surface area contributed by atoms with Gasteiger partial charge in [0.1, 0.15) is 11.8 Å². The Balaban J connectivity index is 2.15. The number of amides is 2. The maximum absolute atomic E-state index is 13.1. The Bertz CT molecular complexity index is 883. The molecule has 0 aromatic heterocycles. The van der Waals surface area contributed by atoms with E-state index in [1.54, 1.807) is 11.8 Å². The molecule has 1 atom stereocenters. The van der Waals surface area contributed by atoms with Gasteiger partial charge in [-0.15, -0.1) is 0 Å². The number of hydrogen-bond acceptors (Lipinski definition) is 3. The first-order chi connectivity index (χ1) is 14.2. The SMILES string of the molecule is Cc1ccc(OCC(=O)N(Cc2cccc(Br)c2)[C@H](C)C(=O)NCC(C)C)c(C)c1. The summed E-state index contributed by atoms with van der Waals surface area (Å²) in [6.07, 6.45) is 0. The normalized spacial score (nSPS) is 11.8. The van der Waals surface area contributed by atoms with Gasteiger partial charge in [0, 0.05) is 17.6 Å². The zero-order valence-corrected chi connectivity index (χ0v) is 20.0. The Labute approximate surface area is 187 Å². The van der Waals surface area contributed by atoms with Gasteiger partial charge in [0.25, 0.3) is 5.91 Å². The van der Waals surface area contributed by atoms with Crippen molar-refractivity contribution in [2.24, 2.45) is 5.92 Å². The van der Waals surface area contributed by atoms with Gasteiger partial charge in [0.15, 0.2) is 6.61 Å². The first kappa shape index (κ1) is 23.9. The van der Waals surface area contributed by atoms with Gasteiger partial charge in [-0.1, -0.05) is 59.6 Å². The Morgan fingerprint density at radius 1 is 1.10 bits per heavy atom. The van der Waals surface area contributed by atoms with E-state index in [-0.39, 0.29) is 18.4 Å². The summed E-state index contributed by atoms with van der Waals surface area (Å²) >= 11 is 3.46. The highest BCUT2D eigenvalue weighted by Gasteiger charge is 2.26. The summed E-state index contributed by atoms with van der Waals surface area (Å²) < 4.78 is 6.72. The van der Waals surface area contributed by atoms with Gasteiger partial charge in [-0.2, -0.15) is 0 Å². The molecular weight excluding hydrogens is 444 g/mol. The van der Waals surface area contributed by atoms with Crippen LogP contribution in [0.4, 0.5) is 0 Å². The Morgan fingerprint density at radius 3 is 2.47 bits per heavy atom. The van der Waals surface area contributed by atoms with Crippen molar-refractivity contribution in [2.75, 3.05) is 13.2 Å². The van der Waals surface area contributed by atoms with E-state index in [4.69, 9.17) is 4.74 Å². The Morgan fingerprint density at radius 2 is 1.83 bits per heavy atom. The van der Waals surface area contributed by atoms with Crippen LogP contribution in [0, 0.1) is 19.8 Å². The minimum atomic E-state index is -0.613. The highest BCUT2D eigenvalue weighted by Crippen LogP contribution is 2.20. The number of benzene rings is 2. The lowest BCUT2D eigenvalue weighted by Gasteiger charge is -2.29. The van der Waals surface area contributed by atoms with Crippen molar-refractivity contribution < 1.29 is 14.3 Å². The van der Waals surface area contributed by atoms with Crippen LogP contribution in [-0.4, -0.2) is 35.9 Å². The number of carbonyl (C=O) groups excluding carboxylic acids is 2. The van der Waals surface area contributed by atoms with E-state index in [1.807, 2.05) is 70.2 Å². The van der Waals surface area contributed by atoms with Crippen LogP contribution < -0.4 is 10.1 Å². The molecule has 1 N–H and O–H groups in total. The van der Waals surface area contributed by atoms with Crippen LogP contribution in [0.3, 0.4) is 0 Å². The summed E-state index contributed by atoms with van der Waals surface area (Å²) in [5.41, 5.74) is 3.05. The second kappa shape index (κ2) is 11.2. The molecule has 0 heterocycles. The Hall–Kier alpha value is -2.34. The number of carbonyl (C=O) groups is 2. The summed E-state index contributed by atoms with van der Waals surface area (Å²) in [7, 11) is 0. The van der Waals surface area contributed by atoms with E-state index < -0.39 is 6.04 Å². The van der Waals surface area contributed by atoms with Crippen LogP contribution in [0.2, 0.25) is 0 Å². The molecular formula is C24H31BrN2O3. The number of hydrogen-bond donors (Lipinski definition) is 1. The van der Waals surface area contributed by atoms with E-state index in [1.165, 1.54) is 0 Å². The lowest BCUT2D eigenvalue weighted by atomic mass is 10.1. The molecule has 2 rings (SSSR count). The molecule has 0 aliphatic heterocycles. The summed E-state index contributed by atoms with van der Waals surface area (Å²) in [6, 6.07) is 13.0. The van der Waals surface area contributed by atoms with Crippen molar-refractivity contribution in [1.29, 1.82) is 0 Å². The standard InChI is InChI=1S/C24H31BrN2O3/c1-16(2)13-26-24(29)19(5)27(14-20-7-6-8-21(25)12-20)23(28)15-30-22-10-9-17(3)11-18(22)4/h6-12,16,19H,13-15H2,1-5H3,(H,26,29)/t19-/m1/s1. The first-order valence-corrected chi connectivity index (χ1v) is 11.0. The smallest absolute Gasteiger partial charge is 0.261 e. The van der Waals surface area contributed by atoms with Crippen LogP contribution in [0.5, 0.6) is 5.75 Å². The quantitative estimate of drug-likeness (QED) is 0.575. The fourth-order valence-corrected chi connectivity index (χ4v) is 3.50. The van der Waals surface area contributed by atoms with E-state index in [9.17, 15) is 9.59 Å². The summed E-state index contributed by atoms with van der Waals surface area (Å²) in [5.74, 6) is 0.609. The fraction of sp³-hybridized carbons (Fsp3) is 0.417. The molecule has 0 radical (unpaired) electrons. The summed E-state index contributed by atoms with van der Waals surface area (Å²) in [4.78, 5) is 27.3. The highest BCUT2D eigenvalue weighted by molar-refractivity contribution is 9.10. The van der Waals surface area contributed by atoms with Gasteiger partial charge in [-0.3, -0.25) is 9.59 Å². The van der Waals surface area contributed by atoms with E-state index in [0.29, 0.717) is 24.8 Å². The van der Waals surface area contributed by atoms with Gasteiger partial charge < -0.3 is 15.0 Å². The Kier molecular flexibility index (Phi) is 8.90. The average Bonchev–Trinajstić information content (AvgIpc) is 2.68. The van der Waals surface area contributed by atoms with E-state index >= 15 is 0 Å². The van der Waals surface area contributed by atoms with Crippen molar-refractivity contribution in [3.8, 4) is 5.75 Å². The molecule has 30 heavy (non-hydrogen) atoms. The predicted molar refractivity (Wildman–Crippen MR) is 123 cm³/mol. The van der Waals surface area contributed by atoms with E-state index in [0.717, 1.165) is 21.2 Å². The topological polar surface area (TPSA) is 58.6 Å². The third-order valence-electron chi connectivity index (χ3n) is 4.78. The van der Waals surface area contributed by atoms with Crippen LogP contribution in [0.25, 0.3) is 0 Å². The molecule has 0 saturated carbocycles. The fourth-order valence-electron chi connectivity index (χ4n) is 3.05. The van der Waals surface area contributed by atoms with E-state index in [2.05, 4.69) is 21.2 Å². The molecule has 2 aromatic rings. The molecule has 0 spiro atoms. The average molecular weight is 475 g/mol. The van der Waals surface area contributed by atoms with Gasteiger partial charge >= 0.3 is 0 Å². The van der Waals surface area contributed by atoms with Crippen molar-refractivity contribution in [2.45, 2.75) is 47.2 Å². The summed E-state index contributed by atoms with van der Waals surface area (Å²) in [6.45, 7) is 10.6. The number of halogens is 1. The molecule has 0 aliphatic carbocycles. The summed E-state index contributed by atoms with van der Waals surface area (Å²) in [5, 5.41) is 2.92. The van der Waals surface area contributed by atoms with Crippen LogP contribution >= 0.6 is 15.9 Å². The van der Waals surface area contributed by atoms with Crippen LogP contribution in [0.15, 0.2) is 46.9 Å². The predicted octanol–water partition coefficient (Wildman–Crippen LogP) is 4.63. The van der Waals surface area contributed by atoms with Crippen molar-refractivity contribution >= 4 is 27.7 Å². The van der Waals surface area contributed by atoms with Gasteiger partial charge in [-0.05, 0) is 56.0 Å². The monoisotopic (exact) mass is 474 g/mol. The molecule has 0 unspecified atom stereocenters. The largest absolute Gasteiger partial charge is 0.483 e. The zero-order valence-electron chi connectivity index (χ0n) is 18.4. The van der Waals surface area contributed by atoms with Gasteiger partial charge in [-0.25, -0.2) is 0 Å². The van der Waals surface area contributed by atoms with Gasteiger partial charge in [0.2, 0.25) is 5.91 Å². The third-order valence-corrected chi connectivity index (χ3v) is 5.27. The molecule has 2 aromatic carbocycles. The van der Waals surface area contributed by atoms with Crippen LogP contribution in [-0.2, 0) is 16.1 Å². The first-order valence-electron chi connectivity index (χ1n) is 10.2. The number of aryl methyl sites for hydroxylation is 2. The molecule has 0 saturated heterocycles. The van der Waals surface area contributed by atoms with Crippen LogP contribution in [0.1, 0.15) is 37.5 Å². The molecule has 5 nitrogen and oxygen atoms in total. The number of ether oxygens (including phenoxy) is 1. The maximum Gasteiger partial charge on any atom is 0.261 e. The molecule has 2 amide bonds. The number of nitrogens with zero attached hydrogens (tertiary/aromatic N) is 1. The third kappa shape index (κ3) is 7.17. The molecule has 0 aliphatic rings. The highest BCUT2D eigenvalue weighted by atomic mass is 79.9. The molecule has 0 fully saturated rings. The van der Waals surface area contributed by atoms with Crippen molar-refractivity contribution in [3.05, 3.63) is 63.6 Å². The van der Waals surface area contributed by atoms with Crippen molar-refractivity contribution in [3.63, 3.8) is 0 Å². The van der Waals surface area contributed by atoms with Crippen molar-refractivity contribution in [1.82, 2.24) is 10.2 Å². The molecule has 162 valence electrons. The lowest BCUT2D eigenvalue weighted by Crippen LogP contribution is -2.49. The second-order valence-corrected chi connectivity index (χ2v) is 8.94. The maximum atomic E-state index is 13.1. The zero-order chi connectivity index (χ0) is 22.3. The molecule has 6 heteroatoms.